The fraction of sp³-hybridized carbons (Fsp3) is 0.286. The maximum absolute atomic E-state index is 14.2. The standard InChI is InChI=1S/C21H21F2N3/c22-17-7-8-18(23)21-20(17)19(9-10-24-21)25-13-15-5-1-2-6-16(15)14-26-11-3-4-12-26/h1-2,5-10H,3-4,11-14H2,(H,24,25). The van der Waals surface area contributed by atoms with E-state index < -0.39 is 11.6 Å². The van der Waals surface area contributed by atoms with E-state index in [9.17, 15) is 8.78 Å². The molecular formula is C21H21F2N3. The first-order valence-electron chi connectivity index (χ1n) is 8.98. The summed E-state index contributed by atoms with van der Waals surface area (Å²) in [5, 5.41) is 3.47. The van der Waals surface area contributed by atoms with E-state index in [1.54, 1.807) is 6.07 Å². The predicted octanol–water partition coefficient (Wildman–Crippen LogP) is 4.72. The molecule has 0 bridgehead atoms. The number of hydrogen-bond donors (Lipinski definition) is 1. The summed E-state index contributed by atoms with van der Waals surface area (Å²) < 4.78 is 28.2. The van der Waals surface area contributed by atoms with Crippen molar-refractivity contribution >= 4 is 16.6 Å². The number of benzene rings is 2. The van der Waals surface area contributed by atoms with E-state index >= 15 is 0 Å². The van der Waals surface area contributed by atoms with Crippen LogP contribution in [0.1, 0.15) is 24.0 Å². The molecule has 1 fully saturated rings. The van der Waals surface area contributed by atoms with Gasteiger partial charge in [0, 0.05) is 25.0 Å². The number of rotatable bonds is 5. The molecule has 26 heavy (non-hydrogen) atoms. The molecule has 5 heteroatoms. The van der Waals surface area contributed by atoms with Gasteiger partial charge in [0.15, 0.2) is 0 Å². The second kappa shape index (κ2) is 7.38. The third-order valence-corrected chi connectivity index (χ3v) is 4.97. The molecule has 1 aromatic heterocycles. The lowest BCUT2D eigenvalue weighted by molar-refractivity contribution is 0.330. The van der Waals surface area contributed by atoms with Gasteiger partial charge in [-0.3, -0.25) is 9.88 Å². The van der Waals surface area contributed by atoms with Gasteiger partial charge in [0.1, 0.15) is 17.2 Å². The van der Waals surface area contributed by atoms with Gasteiger partial charge < -0.3 is 5.32 Å². The van der Waals surface area contributed by atoms with E-state index in [0.29, 0.717) is 12.2 Å². The van der Waals surface area contributed by atoms with Crippen LogP contribution in [-0.2, 0) is 13.1 Å². The Bertz CT molecular complexity index is 920. The highest BCUT2D eigenvalue weighted by Gasteiger charge is 2.15. The normalized spacial score (nSPS) is 14.8. The van der Waals surface area contributed by atoms with Crippen molar-refractivity contribution in [1.82, 2.24) is 9.88 Å². The number of pyridine rings is 1. The first-order chi connectivity index (χ1) is 12.7. The second-order valence-corrected chi connectivity index (χ2v) is 6.72. The minimum Gasteiger partial charge on any atom is -0.380 e. The molecule has 1 N–H and O–H groups in total. The van der Waals surface area contributed by atoms with Crippen molar-refractivity contribution in [3.05, 3.63) is 71.4 Å². The van der Waals surface area contributed by atoms with Crippen LogP contribution in [0.5, 0.6) is 0 Å². The number of halogens is 2. The van der Waals surface area contributed by atoms with Gasteiger partial charge in [0.25, 0.3) is 0 Å². The third-order valence-electron chi connectivity index (χ3n) is 4.97. The lowest BCUT2D eigenvalue weighted by Gasteiger charge is -2.18. The first kappa shape index (κ1) is 16.9. The van der Waals surface area contributed by atoms with Gasteiger partial charge in [-0.1, -0.05) is 24.3 Å². The first-order valence-corrected chi connectivity index (χ1v) is 8.98. The topological polar surface area (TPSA) is 28.2 Å². The zero-order valence-electron chi connectivity index (χ0n) is 14.5. The molecule has 0 spiro atoms. The molecule has 3 aromatic rings. The molecule has 3 nitrogen and oxygen atoms in total. The Kier molecular flexibility index (Phi) is 4.80. The smallest absolute Gasteiger partial charge is 0.149 e. The van der Waals surface area contributed by atoms with E-state index in [-0.39, 0.29) is 10.9 Å². The Balaban J connectivity index is 1.58. The Labute approximate surface area is 151 Å². The molecule has 4 rings (SSSR count). The fourth-order valence-corrected chi connectivity index (χ4v) is 3.60. The largest absolute Gasteiger partial charge is 0.380 e. The molecule has 0 saturated carbocycles. The molecule has 134 valence electrons. The summed E-state index contributed by atoms with van der Waals surface area (Å²) in [6.45, 7) is 3.76. The van der Waals surface area contributed by atoms with Gasteiger partial charge in [-0.2, -0.15) is 0 Å². The monoisotopic (exact) mass is 353 g/mol. The third kappa shape index (κ3) is 3.40. The molecular weight excluding hydrogens is 332 g/mol. The van der Waals surface area contributed by atoms with Crippen molar-refractivity contribution in [3.63, 3.8) is 0 Å². The molecule has 0 aliphatic carbocycles. The van der Waals surface area contributed by atoms with Gasteiger partial charge in [-0.05, 0) is 55.3 Å². The van der Waals surface area contributed by atoms with Crippen LogP contribution < -0.4 is 5.32 Å². The number of fused-ring (bicyclic) bond motifs is 1. The van der Waals surface area contributed by atoms with Crippen molar-refractivity contribution in [3.8, 4) is 0 Å². The summed E-state index contributed by atoms with van der Waals surface area (Å²) in [5.74, 6) is -0.984. The van der Waals surface area contributed by atoms with Gasteiger partial charge >= 0.3 is 0 Å². The molecule has 1 saturated heterocycles. The molecule has 0 radical (unpaired) electrons. The maximum atomic E-state index is 14.2. The molecule has 1 aliphatic rings. The summed E-state index contributed by atoms with van der Waals surface area (Å²) in [4.78, 5) is 6.44. The van der Waals surface area contributed by atoms with Crippen LogP contribution in [0, 0.1) is 11.6 Å². The second-order valence-electron chi connectivity index (χ2n) is 6.72. The van der Waals surface area contributed by atoms with Gasteiger partial charge in [-0.25, -0.2) is 8.78 Å². The Morgan fingerprint density at radius 3 is 2.46 bits per heavy atom. The van der Waals surface area contributed by atoms with Crippen LogP contribution in [0.15, 0.2) is 48.7 Å². The molecule has 0 unspecified atom stereocenters. The van der Waals surface area contributed by atoms with Gasteiger partial charge in [-0.15, -0.1) is 0 Å². The molecule has 0 amide bonds. The van der Waals surface area contributed by atoms with Crippen LogP contribution in [0.3, 0.4) is 0 Å². The van der Waals surface area contributed by atoms with Crippen molar-refractivity contribution in [2.24, 2.45) is 0 Å². The summed E-state index contributed by atoms with van der Waals surface area (Å²) in [6, 6.07) is 12.2. The van der Waals surface area contributed by atoms with Gasteiger partial charge in [0.05, 0.1) is 5.39 Å². The Morgan fingerprint density at radius 1 is 0.923 bits per heavy atom. The van der Waals surface area contributed by atoms with Crippen LogP contribution in [0.4, 0.5) is 14.5 Å². The lowest BCUT2D eigenvalue weighted by Crippen LogP contribution is -2.19. The van der Waals surface area contributed by atoms with E-state index in [1.165, 1.54) is 30.2 Å². The number of anilines is 1. The number of likely N-dealkylation sites (tertiary alicyclic amines) is 1. The minimum absolute atomic E-state index is 0.0559. The quantitative estimate of drug-likeness (QED) is 0.719. The van der Waals surface area contributed by atoms with E-state index in [0.717, 1.165) is 31.8 Å². The van der Waals surface area contributed by atoms with Crippen molar-refractivity contribution in [2.45, 2.75) is 25.9 Å². The number of aromatic nitrogens is 1. The van der Waals surface area contributed by atoms with E-state index in [2.05, 4.69) is 27.3 Å². The highest BCUT2D eigenvalue weighted by Crippen LogP contribution is 2.27. The van der Waals surface area contributed by atoms with Crippen molar-refractivity contribution in [2.75, 3.05) is 18.4 Å². The summed E-state index contributed by atoms with van der Waals surface area (Å²) in [6.07, 6.45) is 4.02. The molecule has 2 heterocycles. The average molecular weight is 353 g/mol. The van der Waals surface area contributed by atoms with E-state index in [1.807, 2.05) is 12.1 Å². The van der Waals surface area contributed by atoms with Crippen molar-refractivity contribution < 1.29 is 8.78 Å². The van der Waals surface area contributed by atoms with Crippen LogP contribution >= 0.6 is 0 Å². The van der Waals surface area contributed by atoms with Crippen LogP contribution in [-0.4, -0.2) is 23.0 Å². The van der Waals surface area contributed by atoms with Crippen LogP contribution in [0.2, 0.25) is 0 Å². The predicted molar refractivity (Wildman–Crippen MR) is 99.9 cm³/mol. The number of nitrogens with zero attached hydrogens (tertiary/aromatic N) is 2. The van der Waals surface area contributed by atoms with Crippen molar-refractivity contribution in [1.29, 1.82) is 0 Å². The van der Waals surface area contributed by atoms with Crippen LogP contribution in [0.25, 0.3) is 10.9 Å². The SMILES string of the molecule is Fc1ccc(F)c2c(NCc3ccccc3CN3CCCC3)ccnc12. The Morgan fingerprint density at radius 2 is 1.65 bits per heavy atom. The fourth-order valence-electron chi connectivity index (χ4n) is 3.60. The Hall–Kier alpha value is -2.53. The van der Waals surface area contributed by atoms with E-state index in [4.69, 9.17) is 0 Å². The zero-order valence-corrected chi connectivity index (χ0v) is 14.5. The highest BCUT2D eigenvalue weighted by molar-refractivity contribution is 5.91. The molecule has 0 atom stereocenters. The molecule has 2 aromatic carbocycles. The lowest BCUT2D eigenvalue weighted by atomic mass is 10.1. The number of nitrogens with one attached hydrogen (secondary N) is 1. The summed E-state index contributed by atoms with van der Waals surface area (Å²) in [5.41, 5.74) is 3.05. The average Bonchev–Trinajstić information content (AvgIpc) is 3.17. The highest BCUT2D eigenvalue weighted by atomic mass is 19.1. The molecule has 1 aliphatic heterocycles. The zero-order chi connectivity index (χ0) is 17.9. The minimum atomic E-state index is -0.514. The number of hydrogen-bond acceptors (Lipinski definition) is 3. The summed E-state index contributed by atoms with van der Waals surface area (Å²) in [7, 11) is 0. The summed E-state index contributed by atoms with van der Waals surface area (Å²) >= 11 is 0. The van der Waals surface area contributed by atoms with Gasteiger partial charge in [0.2, 0.25) is 0 Å². The maximum Gasteiger partial charge on any atom is 0.149 e.